The zero-order valence-electron chi connectivity index (χ0n) is 14.4. The first kappa shape index (κ1) is 18.0. The van der Waals surface area contributed by atoms with Gasteiger partial charge in [0.05, 0.1) is 12.5 Å². The third-order valence-corrected chi connectivity index (χ3v) is 3.55. The molecule has 27 heavy (non-hydrogen) atoms. The Morgan fingerprint density at radius 3 is 2.15 bits per heavy atom. The van der Waals surface area contributed by atoms with Gasteiger partial charge in [-0.15, -0.1) is 0 Å². The van der Waals surface area contributed by atoms with Gasteiger partial charge in [-0.1, -0.05) is 12.1 Å². The summed E-state index contributed by atoms with van der Waals surface area (Å²) in [5, 5.41) is 5.55. The first-order chi connectivity index (χ1) is 13.2. The molecule has 6 nitrogen and oxygen atoms in total. The molecule has 0 spiro atoms. The van der Waals surface area contributed by atoms with Gasteiger partial charge in [0.1, 0.15) is 11.5 Å². The number of amides is 2. The summed E-state index contributed by atoms with van der Waals surface area (Å²) in [5.41, 5.74) is 1.50. The highest BCUT2D eigenvalue weighted by Gasteiger charge is 2.02. The van der Waals surface area contributed by atoms with Crippen LogP contribution in [-0.4, -0.2) is 11.8 Å². The van der Waals surface area contributed by atoms with E-state index in [1.807, 2.05) is 12.1 Å². The van der Waals surface area contributed by atoms with E-state index in [1.165, 1.54) is 12.2 Å². The lowest BCUT2D eigenvalue weighted by Gasteiger charge is -2.06. The lowest BCUT2D eigenvalue weighted by Crippen LogP contribution is -2.20. The third-order valence-electron chi connectivity index (χ3n) is 3.55. The Hall–Kier alpha value is -3.80. The maximum absolute atomic E-state index is 12.0. The van der Waals surface area contributed by atoms with Gasteiger partial charge in [-0.3, -0.25) is 9.59 Å². The zero-order chi connectivity index (χ0) is 18.9. The average Bonchev–Trinajstić information content (AvgIpc) is 3.37. The second kappa shape index (κ2) is 9.05. The van der Waals surface area contributed by atoms with Crippen molar-refractivity contribution < 1.29 is 18.4 Å². The number of hydrogen-bond donors (Lipinski definition) is 2. The zero-order valence-corrected chi connectivity index (χ0v) is 14.4. The summed E-state index contributed by atoms with van der Waals surface area (Å²) < 4.78 is 10.3. The molecule has 0 bridgehead atoms. The van der Waals surface area contributed by atoms with Crippen LogP contribution in [0.3, 0.4) is 0 Å². The fraction of sp³-hybridized carbons (Fsp3) is 0.0476. The van der Waals surface area contributed by atoms with E-state index in [-0.39, 0.29) is 11.8 Å². The van der Waals surface area contributed by atoms with E-state index in [0.29, 0.717) is 23.8 Å². The van der Waals surface area contributed by atoms with Crippen LogP contribution in [0, 0.1) is 0 Å². The molecule has 2 N–H and O–H groups in total. The van der Waals surface area contributed by atoms with Crippen LogP contribution in [-0.2, 0) is 16.1 Å². The van der Waals surface area contributed by atoms with Gasteiger partial charge in [-0.25, -0.2) is 0 Å². The van der Waals surface area contributed by atoms with Crippen LogP contribution in [0.5, 0.6) is 0 Å². The summed E-state index contributed by atoms with van der Waals surface area (Å²) in [5.74, 6) is 0.706. The summed E-state index contributed by atoms with van der Waals surface area (Å²) in [6.45, 7) is 0.341. The molecule has 1 aromatic carbocycles. The highest BCUT2D eigenvalue weighted by Crippen LogP contribution is 2.11. The quantitative estimate of drug-likeness (QED) is 0.625. The molecule has 0 unspecified atom stereocenters. The molecule has 0 fully saturated rings. The van der Waals surface area contributed by atoms with E-state index >= 15 is 0 Å². The molecule has 0 radical (unpaired) electrons. The van der Waals surface area contributed by atoms with Crippen molar-refractivity contribution in [2.24, 2.45) is 0 Å². The van der Waals surface area contributed by atoms with Gasteiger partial charge in [0.25, 0.3) is 0 Å². The van der Waals surface area contributed by atoms with Crippen molar-refractivity contribution in [1.29, 1.82) is 0 Å². The molecule has 0 aliphatic heterocycles. The van der Waals surface area contributed by atoms with Crippen LogP contribution in [0.15, 0.2) is 82.0 Å². The van der Waals surface area contributed by atoms with Gasteiger partial charge in [-0.05, 0) is 54.1 Å². The van der Waals surface area contributed by atoms with Crippen LogP contribution in [0.25, 0.3) is 12.2 Å². The Morgan fingerprint density at radius 1 is 0.852 bits per heavy atom. The molecule has 0 saturated heterocycles. The predicted octanol–water partition coefficient (Wildman–Crippen LogP) is 3.85. The Labute approximate surface area is 156 Å². The highest BCUT2D eigenvalue weighted by molar-refractivity contribution is 6.01. The number of hydrogen-bond acceptors (Lipinski definition) is 4. The van der Waals surface area contributed by atoms with Gasteiger partial charge in [-0.2, -0.15) is 0 Å². The maximum atomic E-state index is 12.0. The fourth-order valence-corrected chi connectivity index (χ4v) is 2.28. The highest BCUT2D eigenvalue weighted by atomic mass is 16.3. The molecule has 3 rings (SSSR count). The molecule has 2 heterocycles. The van der Waals surface area contributed by atoms with Crippen molar-refractivity contribution >= 4 is 29.7 Å². The molecular weight excluding hydrogens is 344 g/mol. The molecule has 136 valence electrons. The molecule has 0 atom stereocenters. The largest absolute Gasteiger partial charge is 0.465 e. The molecule has 0 saturated carbocycles. The normalized spacial score (nSPS) is 11.1. The number of furan rings is 2. The Kier molecular flexibility index (Phi) is 6.04. The maximum Gasteiger partial charge on any atom is 0.248 e. The number of anilines is 1. The van der Waals surface area contributed by atoms with Crippen LogP contribution >= 0.6 is 0 Å². The van der Waals surface area contributed by atoms with E-state index in [1.54, 1.807) is 61.1 Å². The third kappa shape index (κ3) is 5.89. The van der Waals surface area contributed by atoms with Gasteiger partial charge in [0.2, 0.25) is 11.8 Å². The van der Waals surface area contributed by atoms with Crippen molar-refractivity contribution in [3.05, 3.63) is 90.3 Å². The summed E-state index contributed by atoms with van der Waals surface area (Å²) in [7, 11) is 0. The minimum atomic E-state index is -0.269. The SMILES string of the molecule is O=C(C=Cc1ccco1)NCc1cccc(NC(=O)C=Cc2ccco2)c1. The first-order valence-corrected chi connectivity index (χ1v) is 8.30. The minimum Gasteiger partial charge on any atom is -0.465 e. The summed E-state index contributed by atoms with van der Waals surface area (Å²) in [4.78, 5) is 23.8. The fourth-order valence-electron chi connectivity index (χ4n) is 2.28. The molecular formula is C21H18N2O4. The van der Waals surface area contributed by atoms with Gasteiger partial charge >= 0.3 is 0 Å². The van der Waals surface area contributed by atoms with E-state index < -0.39 is 0 Å². The number of rotatable bonds is 7. The van der Waals surface area contributed by atoms with Gasteiger partial charge in [0.15, 0.2) is 0 Å². The standard InChI is InChI=1S/C21H18N2O4/c24-20(10-8-18-6-2-12-26-18)22-15-16-4-1-5-17(14-16)23-21(25)11-9-19-7-3-13-27-19/h1-14H,15H2,(H,22,24)(H,23,25). The summed E-state index contributed by atoms with van der Waals surface area (Å²) in [6, 6.07) is 14.3. The van der Waals surface area contributed by atoms with Crippen molar-refractivity contribution in [3.8, 4) is 0 Å². The molecule has 2 amide bonds. The molecule has 3 aromatic rings. The lowest BCUT2D eigenvalue weighted by molar-refractivity contribution is -0.116. The minimum absolute atomic E-state index is 0.234. The Balaban J connectivity index is 1.51. The molecule has 2 aromatic heterocycles. The second-order valence-electron chi connectivity index (χ2n) is 5.60. The van der Waals surface area contributed by atoms with E-state index in [2.05, 4.69) is 10.6 Å². The van der Waals surface area contributed by atoms with E-state index in [4.69, 9.17) is 8.83 Å². The summed E-state index contributed by atoms with van der Waals surface area (Å²) in [6.07, 6.45) is 9.07. The Morgan fingerprint density at radius 2 is 1.52 bits per heavy atom. The van der Waals surface area contributed by atoms with Crippen molar-refractivity contribution in [1.82, 2.24) is 5.32 Å². The number of carbonyl (C=O) groups excluding carboxylic acids is 2. The van der Waals surface area contributed by atoms with Gasteiger partial charge < -0.3 is 19.5 Å². The number of benzene rings is 1. The average molecular weight is 362 g/mol. The van der Waals surface area contributed by atoms with Gasteiger partial charge in [0, 0.05) is 24.4 Å². The van der Waals surface area contributed by atoms with Crippen molar-refractivity contribution in [3.63, 3.8) is 0 Å². The lowest BCUT2D eigenvalue weighted by atomic mass is 10.2. The van der Waals surface area contributed by atoms with Crippen LogP contribution in [0.4, 0.5) is 5.69 Å². The number of nitrogens with one attached hydrogen (secondary N) is 2. The van der Waals surface area contributed by atoms with Crippen LogP contribution in [0.2, 0.25) is 0 Å². The smallest absolute Gasteiger partial charge is 0.248 e. The summed E-state index contributed by atoms with van der Waals surface area (Å²) >= 11 is 0. The van der Waals surface area contributed by atoms with Crippen LogP contribution < -0.4 is 10.6 Å². The first-order valence-electron chi connectivity index (χ1n) is 8.30. The number of carbonyl (C=O) groups is 2. The topological polar surface area (TPSA) is 84.5 Å². The molecule has 0 aliphatic carbocycles. The van der Waals surface area contributed by atoms with E-state index in [9.17, 15) is 9.59 Å². The second-order valence-corrected chi connectivity index (χ2v) is 5.60. The van der Waals surface area contributed by atoms with Crippen LogP contribution in [0.1, 0.15) is 17.1 Å². The molecule has 0 aliphatic rings. The Bertz CT molecular complexity index is 938. The molecule has 6 heteroatoms. The monoisotopic (exact) mass is 362 g/mol. The van der Waals surface area contributed by atoms with E-state index in [0.717, 1.165) is 5.56 Å². The predicted molar refractivity (Wildman–Crippen MR) is 102 cm³/mol. The van der Waals surface area contributed by atoms with Crippen molar-refractivity contribution in [2.75, 3.05) is 5.32 Å². The van der Waals surface area contributed by atoms with Crippen molar-refractivity contribution in [2.45, 2.75) is 6.54 Å².